The van der Waals surface area contributed by atoms with Crippen molar-refractivity contribution in [1.29, 1.82) is 0 Å². The number of para-hydroxylation sites is 1. The Balaban J connectivity index is 2.52. The number of rotatable bonds is 1. The van der Waals surface area contributed by atoms with Crippen LogP contribution in [0, 0.1) is 0 Å². The summed E-state index contributed by atoms with van der Waals surface area (Å²) in [6, 6.07) is 7.81. The third-order valence-electron chi connectivity index (χ3n) is 2.21. The van der Waals surface area contributed by atoms with Gasteiger partial charge in [0.1, 0.15) is 17.7 Å². The number of fused-ring (bicyclic) bond motifs is 1. The van der Waals surface area contributed by atoms with Crippen molar-refractivity contribution in [2.75, 3.05) is 0 Å². The number of hydrogen-bond donors (Lipinski definition) is 1. The van der Waals surface area contributed by atoms with Gasteiger partial charge < -0.3 is 10.2 Å². The van der Waals surface area contributed by atoms with Crippen molar-refractivity contribution in [2.45, 2.75) is 26.3 Å². The van der Waals surface area contributed by atoms with Gasteiger partial charge in [-0.3, -0.25) is 4.99 Å². The van der Waals surface area contributed by atoms with Crippen LogP contribution in [0.1, 0.15) is 26.3 Å². The summed E-state index contributed by atoms with van der Waals surface area (Å²) in [6.45, 7) is 6.05. The molecule has 0 unspecified atom stereocenters. The van der Waals surface area contributed by atoms with Gasteiger partial charge in [-0.2, -0.15) is 0 Å². The summed E-state index contributed by atoms with van der Waals surface area (Å²) in [5.41, 5.74) is 7.51. The largest absolute Gasteiger partial charge is 0.464 e. The summed E-state index contributed by atoms with van der Waals surface area (Å²) >= 11 is 0. The normalized spacial score (nSPS) is 13.3. The first-order valence-corrected chi connectivity index (χ1v) is 5.29. The smallest absolute Gasteiger partial charge is 0.134 e. The summed E-state index contributed by atoms with van der Waals surface area (Å²) in [5, 5.41) is 1.01. The molecule has 3 heteroatoms. The van der Waals surface area contributed by atoms with Crippen LogP contribution in [0.2, 0.25) is 0 Å². The minimum absolute atomic E-state index is 0.178. The molecule has 0 aliphatic heterocycles. The Labute approximate surface area is 95.0 Å². The van der Waals surface area contributed by atoms with Gasteiger partial charge in [0.05, 0.1) is 11.1 Å². The topological polar surface area (TPSA) is 51.5 Å². The number of amidine groups is 1. The predicted octanol–water partition coefficient (Wildman–Crippen LogP) is 2.94. The van der Waals surface area contributed by atoms with Crippen LogP contribution >= 0.6 is 0 Å². The van der Waals surface area contributed by atoms with Crippen molar-refractivity contribution in [3.8, 4) is 0 Å². The Bertz CT molecular complexity index is 532. The maximum absolute atomic E-state index is 5.98. The molecule has 0 amide bonds. The standard InChI is InChI=1S/C13H16N2O/c1-13(2,3)15-12(14)10-8-16-11-7-5-4-6-9(10)11/h4-8H,1-3H3,(H2,14,15). The molecule has 2 N–H and O–H groups in total. The summed E-state index contributed by atoms with van der Waals surface area (Å²) in [7, 11) is 0. The Hall–Kier alpha value is -1.77. The second-order valence-electron chi connectivity index (χ2n) is 4.81. The molecule has 84 valence electrons. The first-order chi connectivity index (χ1) is 7.47. The molecule has 2 aromatic rings. The maximum atomic E-state index is 5.98. The maximum Gasteiger partial charge on any atom is 0.134 e. The van der Waals surface area contributed by atoms with Crippen molar-refractivity contribution in [1.82, 2.24) is 0 Å². The third kappa shape index (κ3) is 2.08. The second kappa shape index (κ2) is 3.67. The molecule has 0 spiro atoms. The monoisotopic (exact) mass is 216 g/mol. The van der Waals surface area contributed by atoms with Crippen molar-refractivity contribution in [2.24, 2.45) is 10.7 Å². The zero-order valence-corrected chi connectivity index (χ0v) is 9.82. The van der Waals surface area contributed by atoms with E-state index in [-0.39, 0.29) is 5.54 Å². The molecule has 0 saturated carbocycles. The molecule has 0 bridgehead atoms. The molecule has 2 rings (SSSR count). The lowest BCUT2D eigenvalue weighted by Crippen LogP contribution is -2.21. The van der Waals surface area contributed by atoms with Gasteiger partial charge in [-0.05, 0) is 26.8 Å². The van der Waals surface area contributed by atoms with Crippen molar-refractivity contribution in [3.63, 3.8) is 0 Å². The quantitative estimate of drug-likeness (QED) is 0.588. The van der Waals surface area contributed by atoms with E-state index in [4.69, 9.17) is 10.2 Å². The van der Waals surface area contributed by atoms with Crippen LogP contribution in [0.25, 0.3) is 11.0 Å². The highest BCUT2D eigenvalue weighted by Crippen LogP contribution is 2.21. The number of nitrogens with two attached hydrogens (primary N) is 1. The fourth-order valence-corrected chi connectivity index (χ4v) is 1.60. The molecule has 16 heavy (non-hydrogen) atoms. The number of furan rings is 1. The van der Waals surface area contributed by atoms with Crippen LogP contribution < -0.4 is 5.73 Å². The van der Waals surface area contributed by atoms with Gasteiger partial charge in [-0.25, -0.2) is 0 Å². The summed E-state index contributed by atoms with van der Waals surface area (Å²) in [4.78, 5) is 4.44. The average molecular weight is 216 g/mol. The highest BCUT2D eigenvalue weighted by Gasteiger charge is 2.13. The van der Waals surface area contributed by atoms with Crippen LogP contribution in [0.4, 0.5) is 0 Å². The van der Waals surface area contributed by atoms with Gasteiger partial charge >= 0.3 is 0 Å². The SMILES string of the molecule is CC(C)(C)N=C(N)c1coc2ccccc12. The first-order valence-electron chi connectivity index (χ1n) is 5.29. The third-order valence-corrected chi connectivity index (χ3v) is 2.21. The molecule has 0 fully saturated rings. The van der Waals surface area contributed by atoms with Gasteiger partial charge in [0.25, 0.3) is 0 Å². The molecule has 0 atom stereocenters. The van der Waals surface area contributed by atoms with Crippen molar-refractivity contribution >= 4 is 16.8 Å². The van der Waals surface area contributed by atoms with E-state index in [2.05, 4.69) is 4.99 Å². The summed E-state index contributed by atoms with van der Waals surface area (Å²) < 4.78 is 5.42. The Morgan fingerprint density at radius 2 is 1.94 bits per heavy atom. The molecule has 1 aromatic carbocycles. The zero-order chi connectivity index (χ0) is 11.8. The fraction of sp³-hybridized carbons (Fsp3) is 0.308. The molecule has 0 aliphatic rings. The highest BCUT2D eigenvalue weighted by atomic mass is 16.3. The number of hydrogen-bond acceptors (Lipinski definition) is 2. The number of nitrogens with zero attached hydrogens (tertiary/aromatic N) is 1. The van der Waals surface area contributed by atoms with Gasteiger partial charge in [-0.1, -0.05) is 18.2 Å². The van der Waals surface area contributed by atoms with Gasteiger partial charge in [-0.15, -0.1) is 0 Å². The van der Waals surface area contributed by atoms with Crippen LogP contribution in [0.5, 0.6) is 0 Å². The van der Waals surface area contributed by atoms with Crippen molar-refractivity contribution in [3.05, 3.63) is 36.1 Å². The molecule has 1 aromatic heterocycles. The Morgan fingerprint density at radius 3 is 2.62 bits per heavy atom. The lowest BCUT2D eigenvalue weighted by molar-refractivity contribution is 0.582. The van der Waals surface area contributed by atoms with E-state index < -0.39 is 0 Å². The number of benzene rings is 1. The van der Waals surface area contributed by atoms with Crippen LogP contribution in [0.15, 0.2) is 39.9 Å². The van der Waals surface area contributed by atoms with Crippen LogP contribution in [0.3, 0.4) is 0 Å². The fourth-order valence-electron chi connectivity index (χ4n) is 1.60. The molecular formula is C13H16N2O. The molecular weight excluding hydrogens is 200 g/mol. The van der Waals surface area contributed by atoms with Crippen molar-refractivity contribution < 1.29 is 4.42 Å². The Morgan fingerprint density at radius 1 is 1.25 bits per heavy atom. The second-order valence-corrected chi connectivity index (χ2v) is 4.81. The van der Waals surface area contributed by atoms with E-state index in [1.807, 2.05) is 45.0 Å². The minimum atomic E-state index is -0.178. The predicted molar refractivity (Wildman–Crippen MR) is 66.7 cm³/mol. The first kappa shape index (κ1) is 10.7. The highest BCUT2D eigenvalue weighted by molar-refractivity contribution is 6.08. The molecule has 0 radical (unpaired) electrons. The van der Waals surface area contributed by atoms with Gasteiger partial charge in [0, 0.05) is 5.39 Å². The molecule has 3 nitrogen and oxygen atoms in total. The average Bonchev–Trinajstić information content (AvgIpc) is 2.58. The summed E-state index contributed by atoms with van der Waals surface area (Å²) in [6.07, 6.45) is 1.66. The molecule has 0 saturated heterocycles. The van der Waals surface area contributed by atoms with Crippen LogP contribution in [-0.2, 0) is 0 Å². The van der Waals surface area contributed by atoms with E-state index in [1.165, 1.54) is 0 Å². The zero-order valence-electron chi connectivity index (χ0n) is 9.82. The number of aliphatic imine (C=N–C) groups is 1. The van der Waals surface area contributed by atoms with E-state index in [9.17, 15) is 0 Å². The lowest BCUT2D eigenvalue weighted by Gasteiger charge is -2.12. The van der Waals surface area contributed by atoms with Gasteiger partial charge in [0.15, 0.2) is 0 Å². The summed E-state index contributed by atoms with van der Waals surface area (Å²) in [5.74, 6) is 0.525. The van der Waals surface area contributed by atoms with E-state index in [0.717, 1.165) is 16.5 Å². The Kier molecular flexibility index (Phi) is 2.46. The van der Waals surface area contributed by atoms with Crippen LogP contribution in [-0.4, -0.2) is 11.4 Å². The lowest BCUT2D eigenvalue weighted by atomic mass is 10.1. The minimum Gasteiger partial charge on any atom is -0.464 e. The van der Waals surface area contributed by atoms with E-state index in [0.29, 0.717) is 5.84 Å². The molecule has 0 aliphatic carbocycles. The van der Waals surface area contributed by atoms with E-state index >= 15 is 0 Å². The van der Waals surface area contributed by atoms with E-state index in [1.54, 1.807) is 6.26 Å². The molecule has 1 heterocycles. The van der Waals surface area contributed by atoms with Gasteiger partial charge in [0.2, 0.25) is 0 Å².